The van der Waals surface area contributed by atoms with Crippen molar-refractivity contribution < 1.29 is 9.47 Å². The molecule has 2 fully saturated rings. The van der Waals surface area contributed by atoms with E-state index in [1.807, 2.05) is 12.5 Å². The molecule has 1 aliphatic heterocycles. The second-order valence-electron chi connectivity index (χ2n) is 5.36. The van der Waals surface area contributed by atoms with Crippen molar-refractivity contribution in [1.29, 1.82) is 0 Å². The molecule has 0 radical (unpaired) electrons. The lowest BCUT2D eigenvalue weighted by atomic mass is 9.88. The van der Waals surface area contributed by atoms with E-state index in [-0.39, 0.29) is 6.04 Å². The number of ether oxygens (including phenoxy) is 2. The Balaban J connectivity index is 1.71. The number of rotatable bonds is 4. The van der Waals surface area contributed by atoms with Crippen molar-refractivity contribution in [2.75, 3.05) is 20.3 Å². The highest BCUT2D eigenvalue weighted by Crippen LogP contribution is 2.37. The zero-order chi connectivity index (χ0) is 12.5. The van der Waals surface area contributed by atoms with Crippen molar-refractivity contribution in [3.63, 3.8) is 0 Å². The zero-order valence-electron chi connectivity index (χ0n) is 10.8. The predicted octanol–water partition coefficient (Wildman–Crippen LogP) is 1.27. The molecule has 5 heteroatoms. The number of nitrogens with two attached hydrogens (primary N) is 1. The van der Waals surface area contributed by atoms with Crippen LogP contribution < -0.4 is 5.73 Å². The molecule has 2 N–H and O–H groups in total. The van der Waals surface area contributed by atoms with Crippen molar-refractivity contribution in [3.05, 3.63) is 18.2 Å². The van der Waals surface area contributed by atoms with Crippen molar-refractivity contribution >= 4 is 0 Å². The first-order valence-electron chi connectivity index (χ1n) is 6.67. The van der Waals surface area contributed by atoms with Gasteiger partial charge in [-0.25, -0.2) is 4.98 Å². The number of aromatic nitrogens is 2. The smallest absolute Gasteiger partial charge is 0.0951 e. The van der Waals surface area contributed by atoms with Gasteiger partial charge in [0.2, 0.25) is 0 Å². The van der Waals surface area contributed by atoms with Crippen LogP contribution in [0.25, 0.3) is 0 Å². The van der Waals surface area contributed by atoms with Crippen LogP contribution in [-0.2, 0) is 9.47 Å². The summed E-state index contributed by atoms with van der Waals surface area (Å²) in [5.41, 5.74) is 7.50. The lowest BCUT2D eigenvalue weighted by molar-refractivity contribution is 0.00491. The van der Waals surface area contributed by atoms with E-state index < -0.39 is 0 Å². The molecular formula is C13H21N3O2. The van der Waals surface area contributed by atoms with Gasteiger partial charge in [0.1, 0.15) is 0 Å². The molecule has 1 aromatic heterocycles. The highest BCUT2D eigenvalue weighted by molar-refractivity contribution is 5.10. The molecule has 1 saturated heterocycles. The summed E-state index contributed by atoms with van der Waals surface area (Å²) in [6.45, 7) is 1.61. The molecule has 18 heavy (non-hydrogen) atoms. The van der Waals surface area contributed by atoms with Crippen LogP contribution in [0.1, 0.15) is 37.0 Å². The maximum Gasteiger partial charge on any atom is 0.0951 e. The van der Waals surface area contributed by atoms with Crippen molar-refractivity contribution in [2.24, 2.45) is 11.7 Å². The van der Waals surface area contributed by atoms with Gasteiger partial charge in [-0.05, 0) is 19.3 Å². The second-order valence-corrected chi connectivity index (χ2v) is 5.36. The van der Waals surface area contributed by atoms with Crippen molar-refractivity contribution in [3.8, 4) is 0 Å². The zero-order valence-corrected chi connectivity index (χ0v) is 10.8. The Hall–Kier alpha value is -0.910. The van der Waals surface area contributed by atoms with E-state index in [1.54, 1.807) is 7.11 Å². The summed E-state index contributed by atoms with van der Waals surface area (Å²) in [5, 5.41) is 0. The molecule has 100 valence electrons. The maximum absolute atomic E-state index is 6.36. The number of hydrogen-bond acceptors (Lipinski definition) is 4. The maximum atomic E-state index is 6.36. The van der Waals surface area contributed by atoms with E-state index in [0.29, 0.717) is 18.1 Å². The summed E-state index contributed by atoms with van der Waals surface area (Å²) < 4.78 is 13.0. The Labute approximate surface area is 107 Å². The topological polar surface area (TPSA) is 62.3 Å². The van der Waals surface area contributed by atoms with Gasteiger partial charge in [0, 0.05) is 31.9 Å². The fourth-order valence-electron chi connectivity index (χ4n) is 2.91. The first-order chi connectivity index (χ1) is 8.79. The molecule has 2 heterocycles. The minimum atomic E-state index is 0.0385. The van der Waals surface area contributed by atoms with E-state index in [0.717, 1.165) is 38.2 Å². The molecule has 1 aromatic rings. The van der Waals surface area contributed by atoms with Crippen molar-refractivity contribution in [1.82, 2.24) is 9.55 Å². The third-order valence-electron chi connectivity index (χ3n) is 4.31. The van der Waals surface area contributed by atoms with Gasteiger partial charge in [-0.1, -0.05) is 0 Å². The summed E-state index contributed by atoms with van der Waals surface area (Å²) in [6, 6.07) is 0.539. The molecule has 0 bridgehead atoms. The van der Waals surface area contributed by atoms with Crippen LogP contribution in [0.5, 0.6) is 0 Å². The highest BCUT2D eigenvalue weighted by atomic mass is 16.5. The average molecular weight is 251 g/mol. The van der Waals surface area contributed by atoms with Crippen LogP contribution in [0, 0.1) is 5.92 Å². The number of nitrogens with zero attached hydrogens (tertiary/aromatic N) is 2. The lowest BCUT2D eigenvalue weighted by Gasteiger charge is -2.36. The van der Waals surface area contributed by atoms with Gasteiger partial charge < -0.3 is 19.8 Å². The summed E-state index contributed by atoms with van der Waals surface area (Å²) in [6.07, 6.45) is 7.39. The summed E-state index contributed by atoms with van der Waals surface area (Å²) in [5.74, 6) is 0.429. The first-order valence-corrected chi connectivity index (χ1v) is 6.67. The molecular weight excluding hydrogens is 230 g/mol. The second kappa shape index (κ2) is 4.99. The monoisotopic (exact) mass is 251 g/mol. The van der Waals surface area contributed by atoms with Crippen molar-refractivity contribution in [2.45, 2.75) is 37.5 Å². The number of imidazole rings is 1. The van der Waals surface area contributed by atoms with Gasteiger partial charge in [0.15, 0.2) is 0 Å². The van der Waals surface area contributed by atoms with Gasteiger partial charge in [-0.2, -0.15) is 0 Å². The normalized spacial score (nSPS) is 33.3. The molecule has 1 saturated carbocycles. The molecule has 2 unspecified atom stereocenters. The standard InChI is InChI=1S/C13H21N3O2/c1-17-11-4-10(5-11)16-8-15-6-12(16)13(14)9-2-3-18-7-9/h6,8-11,13H,2-5,7,14H2,1H3. The van der Waals surface area contributed by atoms with Gasteiger partial charge in [0.05, 0.1) is 30.8 Å². The van der Waals surface area contributed by atoms with Crippen LogP contribution in [0.15, 0.2) is 12.5 Å². The van der Waals surface area contributed by atoms with Crippen LogP contribution in [-0.4, -0.2) is 36.0 Å². The van der Waals surface area contributed by atoms with E-state index in [4.69, 9.17) is 15.2 Å². The van der Waals surface area contributed by atoms with E-state index in [9.17, 15) is 0 Å². The van der Waals surface area contributed by atoms with Gasteiger partial charge in [-0.3, -0.25) is 0 Å². The first kappa shape index (κ1) is 12.1. The predicted molar refractivity (Wildman–Crippen MR) is 67.1 cm³/mol. The average Bonchev–Trinajstić information content (AvgIpc) is 2.98. The Morgan fingerprint density at radius 2 is 2.39 bits per heavy atom. The molecule has 2 atom stereocenters. The van der Waals surface area contributed by atoms with Crippen LogP contribution >= 0.6 is 0 Å². The third-order valence-corrected chi connectivity index (χ3v) is 4.31. The van der Waals surface area contributed by atoms with E-state index in [2.05, 4.69) is 9.55 Å². The Bertz CT molecular complexity index is 395. The molecule has 0 spiro atoms. The fourth-order valence-corrected chi connectivity index (χ4v) is 2.91. The summed E-state index contributed by atoms with van der Waals surface area (Å²) in [4.78, 5) is 4.27. The Morgan fingerprint density at radius 1 is 1.56 bits per heavy atom. The molecule has 5 nitrogen and oxygen atoms in total. The van der Waals surface area contributed by atoms with Crippen LogP contribution in [0.4, 0.5) is 0 Å². The number of hydrogen-bond donors (Lipinski definition) is 1. The minimum Gasteiger partial charge on any atom is -0.381 e. The molecule has 3 rings (SSSR count). The summed E-state index contributed by atoms with van der Waals surface area (Å²) >= 11 is 0. The molecule has 2 aliphatic rings. The SMILES string of the molecule is COC1CC(n2cncc2C(N)C2CCOC2)C1. The van der Waals surface area contributed by atoms with Gasteiger partial charge in [-0.15, -0.1) is 0 Å². The van der Waals surface area contributed by atoms with E-state index >= 15 is 0 Å². The van der Waals surface area contributed by atoms with Gasteiger partial charge >= 0.3 is 0 Å². The molecule has 0 amide bonds. The minimum absolute atomic E-state index is 0.0385. The quantitative estimate of drug-likeness (QED) is 0.875. The van der Waals surface area contributed by atoms with E-state index in [1.165, 1.54) is 0 Å². The van der Waals surface area contributed by atoms with Crippen LogP contribution in [0.2, 0.25) is 0 Å². The third kappa shape index (κ3) is 2.06. The van der Waals surface area contributed by atoms with Gasteiger partial charge in [0.25, 0.3) is 0 Å². The highest BCUT2D eigenvalue weighted by Gasteiger charge is 2.34. The largest absolute Gasteiger partial charge is 0.381 e. The Morgan fingerprint density at radius 3 is 3.06 bits per heavy atom. The summed E-state index contributed by atoms with van der Waals surface area (Å²) in [7, 11) is 1.78. The molecule has 0 aromatic carbocycles. The van der Waals surface area contributed by atoms with Crippen LogP contribution in [0.3, 0.4) is 0 Å². The Kier molecular flexibility index (Phi) is 3.37. The number of methoxy groups -OCH3 is 1. The lowest BCUT2D eigenvalue weighted by Crippen LogP contribution is -2.35. The molecule has 1 aliphatic carbocycles. The fraction of sp³-hybridized carbons (Fsp3) is 0.769.